The zero-order valence-corrected chi connectivity index (χ0v) is 13.4. The minimum atomic E-state index is -3.18. The molecule has 1 aromatic heterocycles. The van der Waals surface area contributed by atoms with Gasteiger partial charge in [-0.3, -0.25) is 4.79 Å². The molecule has 1 heterocycles. The Kier molecular flexibility index (Phi) is 5.49. The molecular weight excluding hydrogens is 284 g/mol. The van der Waals surface area contributed by atoms with Crippen molar-refractivity contribution in [1.82, 2.24) is 9.88 Å². The molecule has 19 heavy (non-hydrogen) atoms. The van der Waals surface area contributed by atoms with Gasteiger partial charge >= 0.3 is 0 Å². The van der Waals surface area contributed by atoms with Crippen LogP contribution in [-0.2, 0) is 20.4 Å². The van der Waals surface area contributed by atoms with Crippen LogP contribution < -0.4 is 0 Å². The van der Waals surface area contributed by atoms with Gasteiger partial charge in [0, 0.05) is 25.4 Å². The largest absolute Gasteiger partial charge is 0.349 e. The van der Waals surface area contributed by atoms with Gasteiger partial charge < -0.3 is 4.90 Å². The monoisotopic (exact) mass is 304 g/mol. The highest BCUT2D eigenvalue weighted by atomic mass is 32.2. The fourth-order valence-electron chi connectivity index (χ4n) is 1.53. The van der Waals surface area contributed by atoms with Crippen molar-refractivity contribution in [1.29, 1.82) is 0 Å². The number of nitrogens with zero attached hydrogens (tertiary/aromatic N) is 2. The number of thiazole rings is 1. The lowest BCUT2D eigenvalue weighted by atomic mass is 10.3. The first-order valence-electron chi connectivity index (χ1n) is 6.05. The average Bonchev–Trinajstić information content (AvgIpc) is 2.56. The number of hydrogen-bond donors (Lipinski definition) is 0. The maximum absolute atomic E-state index is 11.9. The van der Waals surface area contributed by atoms with Gasteiger partial charge in [-0.2, -0.15) is 0 Å². The van der Waals surface area contributed by atoms with Crippen molar-refractivity contribution in [3.8, 4) is 0 Å². The number of carbonyl (C=O) groups excluding carboxylic acids is 1. The summed E-state index contributed by atoms with van der Waals surface area (Å²) in [6.07, 6.45) is 0.630. The van der Waals surface area contributed by atoms with E-state index in [1.807, 2.05) is 13.8 Å². The van der Waals surface area contributed by atoms with Gasteiger partial charge in [0.1, 0.15) is 10.8 Å². The van der Waals surface area contributed by atoms with Crippen LogP contribution in [0, 0.1) is 13.8 Å². The molecule has 0 N–H and O–H groups in total. The smallest absolute Gasteiger partial charge is 0.222 e. The lowest BCUT2D eigenvalue weighted by Crippen LogP contribution is -2.22. The zero-order valence-electron chi connectivity index (χ0n) is 11.8. The molecule has 108 valence electrons. The molecule has 7 heteroatoms. The van der Waals surface area contributed by atoms with E-state index in [0.717, 1.165) is 10.6 Å². The van der Waals surface area contributed by atoms with E-state index < -0.39 is 9.84 Å². The van der Waals surface area contributed by atoms with E-state index >= 15 is 0 Å². The van der Waals surface area contributed by atoms with E-state index in [1.54, 1.807) is 14.1 Å². The average molecular weight is 304 g/mol. The normalized spacial score (nSPS) is 11.6. The summed E-state index contributed by atoms with van der Waals surface area (Å²) in [6.45, 7) is 3.80. The van der Waals surface area contributed by atoms with Crippen molar-refractivity contribution in [2.24, 2.45) is 0 Å². The quantitative estimate of drug-likeness (QED) is 0.799. The summed E-state index contributed by atoms with van der Waals surface area (Å²) >= 11 is 1.42. The highest BCUT2D eigenvalue weighted by Gasteiger charge is 2.16. The molecule has 5 nitrogen and oxygen atoms in total. The second kappa shape index (κ2) is 6.47. The third kappa shape index (κ3) is 5.28. The number of amides is 1. The number of hydrogen-bond acceptors (Lipinski definition) is 5. The summed E-state index contributed by atoms with van der Waals surface area (Å²) in [5.74, 6) is -0.0385. The van der Waals surface area contributed by atoms with E-state index in [-0.39, 0.29) is 23.8 Å². The molecular formula is C12H20N2O3S2. The maximum atomic E-state index is 11.9. The summed E-state index contributed by atoms with van der Waals surface area (Å²) in [6, 6.07) is 0. The summed E-state index contributed by atoms with van der Waals surface area (Å²) in [7, 11) is 0.147. The van der Waals surface area contributed by atoms with Crippen LogP contribution in [0.2, 0.25) is 0 Å². The number of sulfone groups is 1. The molecule has 0 aliphatic carbocycles. The van der Waals surface area contributed by atoms with Crippen LogP contribution in [0.5, 0.6) is 0 Å². The fourth-order valence-corrected chi connectivity index (χ4v) is 4.20. The molecule has 0 saturated carbocycles. The fraction of sp³-hybridized carbons (Fsp3) is 0.667. The first kappa shape index (κ1) is 16.1. The third-order valence-corrected chi connectivity index (χ3v) is 5.64. The van der Waals surface area contributed by atoms with Crippen molar-refractivity contribution in [3.05, 3.63) is 15.6 Å². The van der Waals surface area contributed by atoms with Gasteiger partial charge in [-0.15, -0.1) is 11.3 Å². The topological polar surface area (TPSA) is 67.3 Å². The molecule has 0 saturated heterocycles. The molecule has 0 fully saturated rings. The number of rotatable bonds is 6. The molecule has 0 aliphatic heterocycles. The van der Waals surface area contributed by atoms with Crippen molar-refractivity contribution in [2.75, 3.05) is 19.8 Å². The molecule has 1 rings (SSSR count). The minimum absolute atomic E-state index is 0.0253. The number of aromatic nitrogens is 1. The highest BCUT2D eigenvalue weighted by molar-refractivity contribution is 7.90. The summed E-state index contributed by atoms with van der Waals surface area (Å²) in [4.78, 5) is 18.1. The van der Waals surface area contributed by atoms with Crippen molar-refractivity contribution in [3.63, 3.8) is 0 Å². The molecule has 1 aromatic rings. The number of aryl methyl sites for hydroxylation is 2. The Bertz CT molecular complexity index is 528. The second-order valence-electron chi connectivity index (χ2n) is 4.73. The molecule has 0 bridgehead atoms. The Morgan fingerprint density at radius 2 is 1.95 bits per heavy atom. The molecule has 0 atom stereocenters. The zero-order chi connectivity index (χ0) is 14.6. The molecule has 0 radical (unpaired) electrons. The van der Waals surface area contributed by atoms with Gasteiger partial charge in [0.15, 0.2) is 9.84 Å². The van der Waals surface area contributed by atoms with Crippen LogP contribution in [0.15, 0.2) is 0 Å². The van der Waals surface area contributed by atoms with Gasteiger partial charge in [-0.05, 0) is 20.3 Å². The molecule has 0 unspecified atom stereocenters. The first-order valence-corrected chi connectivity index (χ1v) is 8.68. The van der Waals surface area contributed by atoms with Crippen molar-refractivity contribution >= 4 is 27.1 Å². The Balaban J connectivity index is 2.51. The van der Waals surface area contributed by atoms with Crippen LogP contribution in [0.3, 0.4) is 0 Å². The second-order valence-corrected chi connectivity index (χ2v) is 8.20. The lowest BCUT2D eigenvalue weighted by molar-refractivity contribution is -0.128. The van der Waals surface area contributed by atoms with E-state index in [1.165, 1.54) is 16.2 Å². The maximum Gasteiger partial charge on any atom is 0.222 e. The van der Waals surface area contributed by atoms with E-state index in [4.69, 9.17) is 0 Å². The molecule has 0 aromatic carbocycles. The standard InChI is InChI=1S/C12H20N2O3S2/c1-9-10(2)18-11(13-9)8-19(16,17)7-5-6-12(15)14(3)4/h5-8H2,1-4H3. The Morgan fingerprint density at radius 3 is 2.42 bits per heavy atom. The van der Waals surface area contributed by atoms with Crippen molar-refractivity contribution in [2.45, 2.75) is 32.4 Å². The van der Waals surface area contributed by atoms with Crippen LogP contribution >= 0.6 is 11.3 Å². The molecule has 1 amide bonds. The predicted octanol–water partition coefficient (Wildman–Crippen LogP) is 1.54. The summed E-state index contributed by atoms with van der Waals surface area (Å²) in [5.41, 5.74) is 0.887. The van der Waals surface area contributed by atoms with Crippen molar-refractivity contribution < 1.29 is 13.2 Å². The first-order chi connectivity index (χ1) is 8.71. The molecule has 0 aliphatic rings. The van der Waals surface area contributed by atoms with Gasteiger partial charge in [-0.25, -0.2) is 13.4 Å². The number of carbonyl (C=O) groups is 1. The Morgan fingerprint density at radius 1 is 1.32 bits per heavy atom. The van der Waals surface area contributed by atoms with E-state index in [2.05, 4.69) is 4.98 Å². The molecule has 0 spiro atoms. The van der Waals surface area contributed by atoms with Gasteiger partial charge in [-0.1, -0.05) is 0 Å². The van der Waals surface area contributed by atoms with Gasteiger partial charge in [0.2, 0.25) is 5.91 Å². The van der Waals surface area contributed by atoms with Crippen LogP contribution in [-0.4, -0.2) is 44.1 Å². The SMILES string of the molecule is Cc1nc(CS(=O)(=O)CCCC(=O)N(C)C)sc1C. The minimum Gasteiger partial charge on any atom is -0.349 e. The van der Waals surface area contributed by atoms with Crippen LogP contribution in [0.1, 0.15) is 28.4 Å². The van der Waals surface area contributed by atoms with Crippen LogP contribution in [0.4, 0.5) is 0 Å². The third-order valence-electron chi connectivity index (χ3n) is 2.76. The Labute approximate surface area is 118 Å². The lowest BCUT2D eigenvalue weighted by Gasteiger charge is -2.09. The Hall–Kier alpha value is -0.950. The van der Waals surface area contributed by atoms with Gasteiger partial charge in [0.25, 0.3) is 0 Å². The predicted molar refractivity (Wildman–Crippen MR) is 77.0 cm³/mol. The van der Waals surface area contributed by atoms with E-state index in [0.29, 0.717) is 11.4 Å². The summed E-state index contributed by atoms with van der Waals surface area (Å²) < 4.78 is 23.8. The summed E-state index contributed by atoms with van der Waals surface area (Å²) in [5, 5.41) is 0.633. The van der Waals surface area contributed by atoms with Crippen LogP contribution in [0.25, 0.3) is 0 Å². The van der Waals surface area contributed by atoms with E-state index in [9.17, 15) is 13.2 Å². The van der Waals surface area contributed by atoms with Gasteiger partial charge in [0.05, 0.1) is 11.4 Å². The highest BCUT2D eigenvalue weighted by Crippen LogP contribution is 2.19.